The molecule has 0 saturated heterocycles. The Morgan fingerprint density at radius 1 is 0.917 bits per heavy atom. The van der Waals surface area contributed by atoms with Gasteiger partial charge in [-0.1, -0.05) is 41.9 Å². The second kappa shape index (κ2) is 14.1. The van der Waals surface area contributed by atoms with Crippen LogP contribution in [0.15, 0.2) is 34.9 Å². The molecule has 2 nitrogen and oxygen atoms in total. The molecular weight excluding hydrogens is 294 g/mol. The molecule has 0 radical (unpaired) electrons. The summed E-state index contributed by atoms with van der Waals surface area (Å²) in [6.45, 7) is 13.6. The molecular formula is C22H39NO. The van der Waals surface area contributed by atoms with Crippen LogP contribution in [0.5, 0.6) is 0 Å². The molecule has 0 aromatic heterocycles. The van der Waals surface area contributed by atoms with Crippen LogP contribution in [-0.2, 0) is 4.79 Å². The minimum Gasteiger partial charge on any atom is -0.356 e. The lowest BCUT2D eigenvalue weighted by molar-refractivity contribution is -0.121. The van der Waals surface area contributed by atoms with E-state index in [1.54, 1.807) is 0 Å². The highest BCUT2D eigenvalue weighted by Crippen LogP contribution is 2.15. The predicted molar refractivity (Wildman–Crippen MR) is 107 cm³/mol. The fourth-order valence-corrected chi connectivity index (χ4v) is 2.64. The van der Waals surface area contributed by atoms with Gasteiger partial charge in [0.2, 0.25) is 5.91 Å². The molecule has 0 aliphatic heterocycles. The van der Waals surface area contributed by atoms with E-state index in [4.69, 9.17) is 0 Å². The zero-order valence-electron chi connectivity index (χ0n) is 16.9. The third-order valence-electron chi connectivity index (χ3n) is 4.18. The highest BCUT2D eigenvalue weighted by molar-refractivity contribution is 5.75. The number of rotatable bonds is 12. The summed E-state index contributed by atoms with van der Waals surface area (Å²) in [6.07, 6.45) is 14.5. The van der Waals surface area contributed by atoms with Crippen LogP contribution in [0.25, 0.3) is 0 Å². The van der Waals surface area contributed by atoms with Gasteiger partial charge in [0.1, 0.15) is 0 Å². The molecule has 1 amide bonds. The molecule has 0 bridgehead atoms. The van der Waals surface area contributed by atoms with Crippen molar-refractivity contribution >= 4 is 5.91 Å². The Balaban J connectivity index is 3.94. The molecule has 0 aliphatic carbocycles. The summed E-state index contributed by atoms with van der Waals surface area (Å²) < 4.78 is 0. The number of carbonyl (C=O) groups excluding carboxylic acids is 1. The molecule has 1 unspecified atom stereocenters. The summed E-state index contributed by atoms with van der Waals surface area (Å²) >= 11 is 0. The lowest BCUT2D eigenvalue weighted by Gasteiger charge is -2.09. The Morgan fingerprint density at radius 3 is 2.00 bits per heavy atom. The molecule has 1 N–H and O–H groups in total. The van der Waals surface area contributed by atoms with E-state index in [1.807, 2.05) is 6.92 Å². The fourth-order valence-electron chi connectivity index (χ4n) is 2.64. The van der Waals surface area contributed by atoms with E-state index < -0.39 is 0 Å². The lowest BCUT2D eigenvalue weighted by Crippen LogP contribution is -2.24. The molecule has 0 heterocycles. The van der Waals surface area contributed by atoms with Crippen molar-refractivity contribution < 1.29 is 4.79 Å². The van der Waals surface area contributed by atoms with E-state index in [0.717, 1.165) is 38.6 Å². The summed E-state index contributed by atoms with van der Waals surface area (Å²) in [6, 6.07) is 0. The number of amides is 1. The monoisotopic (exact) mass is 333 g/mol. The van der Waals surface area contributed by atoms with Crippen molar-refractivity contribution in [2.75, 3.05) is 6.54 Å². The Kier molecular flexibility index (Phi) is 13.3. The van der Waals surface area contributed by atoms with Crippen LogP contribution in [0.2, 0.25) is 0 Å². The van der Waals surface area contributed by atoms with Crippen LogP contribution >= 0.6 is 0 Å². The SMILES string of the molecule is CCNC(=O)CC(C)CCC=C(C)CCC=C(C)CCC=C(C)C. The lowest BCUT2D eigenvalue weighted by atomic mass is 9.99. The van der Waals surface area contributed by atoms with Crippen molar-refractivity contribution in [2.45, 2.75) is 86.5 Å². The summed E-state index contributed by atoms with van der Waals surface area (Å²) in [5, 5.41) is 2.87. The first-order valence-electron chi connectivity index (χ1n) is 9.56. The standard InChI is InChI=1S/C22H39NO/c1-7-23-22(24)17-21(6)16-10-15-20(5)14-9-13-19(4)12-8-11-18(2)3/h11,13,15,21H,7-10,12,14,16-17H2,1-6H3,(H,23,24). The smallest absolute Gasteiger partial charge is 0.220 e. The quantitative estimate of drug-likeness (QED) is 0.414. The van der Waals surface area contributed by atoms with Gasteiger partial charge in [-0.05, 0) is 79.1 Å². The minimum absolute atomic E-state index is 0.180. The first kappa shape index (κ1) is 22.7. The average molecular weight is 334 g/mol. The highest BCUT2D eigenvalue weighted by Gasteiger charge is 2.07. The van der Waals surface area contributed by atoms with Crippen LogP contribution in [0, 0.1) is 5.92 Å². The second-order valence-electron chi connectivity index (χ2n) is 7.30. The van der Waals surface area contributed by atoms with Gasteiger partial charge in [0, 0.05) is 13.0 Å². The van der Waals surface area contributed by atoms with Crippen LogP contribution in [0.3, 0.4) is 0 Å². The molecule has 2 heteroatoms. The van der Waals surface area contributed by atoms with E-state index in [0.29, 0.717) is 12.3 Å². The molecule has 24 heavy (non-hydrogen) atoms. The van der Waals surface area contributed by atoms with Gasteiger partial charge >= 0.3 is 0 Å². The minimum atomic E-state index is 0.180. The maximum atomic E-state index is 11.5. The average Bonchev–Trinajstić information content (AvgIpc) is 2.46. The molecule has 0 spiro atoms. The maximum absolute atomic E-state index is 11.5. The summed E-state index contributed by atoms with van der Waals surface area (Å²) in [5.41, 5.74) is 4.37. The largest absolute Gasteiger partial charge is 0.356 e. The van der Waals surface area contributed by atoms with Gasteiger partial charge in [0.25, 0.3) is 0 Å². The van der Waals surface area contributed by atoms with E-state index in [1.165, 1.54) is 23.1 Å². The van der Waals surface area contributed by atoms with Crippen molar-refractivity contribution in [1.82, 2.24) is 5.32 Å². The number of nitrogens with one attached hydrogen (secondary N) is 1. The Labute approximate surface area is 150 Å². The first-order valence-corrected chi connectivity index (χ1v) is 9.56. The van der Waals surface area contributed by atoms with Crippen molar-refractivity contribution in [3.8, 4) is 0 Å². The van der Waals surface area contributed by atoms with Crippen LogP contribution < -0.4 is 5.32 Å². The Hall–Kier alpha value is -1.31. The molecule has 0 fully saturated rings. The van der Waals surface area contributed by atoms with Gasteiger partial charge in [0.15, 0.2) is 0 Å². The molecule has 0 saturated carbocycles. The van der Waals surface area contributed by atoms with Crippen LogP contribution in [0.1, 0.15) is 86.5 Å². The van der Waals surface area contributed by atoms with Gasteiger partial charge in [-0.3, -0.25) is 4.79 Å². The van der Waals surface area contributed by atoms with Crippen molar-refractivity contribution in [2.24, 2.45) is 5.92 Å². The zero-order valence-corrected chi connectivity index (χ0v) is 16.9. The summed E-state index contributed by atoms with van der Waals surface area (Å²) in [5.74, 6) is 0.636. The molecule has 138 valence electrons. The Bertz CT molecular complexity index is 439. The number of carbonyl (C=O) groups is 1. The molecule has 0 aromatic carbocycles. The van der Waals surface area contributed by atoms with Gasteiger partial charge in [-0.2, -0.15) is 0 Å². The van der Waals surface area contributed by atoms with Gasteiger partial charge in [-0.25, -0.2) is 0 Å². The third-order valence-corrected chi connectivity index (χ3v) is 4.18. The van der Waals surface area contributed by atoms with Crippen molar-refractivity contribution in [1.29, 1.82) is 0 Å². The topological polar surface area (TPSA) is 29.1 Å². The molecule has 0 aromatic rings. The number of allylic oxidation sites excluding steroid dienone is 6. The van der Waals surface area contributed by atoms with Gasteiger partial charge in [0.05, 0.1) is 0 Å². The number of hydrogen-bond donors (Lipinski definition) is 1. The van der Waals surface area contributed by atoms with E-state index in [9.17, 15) is 4.79 Å². The second-order valence-corrected chi connectivity index (χ2v) is 7.30. The maximum Gasteiger partial charge on any atom is 0.220 e. The Morgan fingerprint density at radius 2 is 1.46 bits per heavy atom. The van der Waals surface area contributed by atoms with Crippen LogP contribution in [0.4, 0.5) is 0 Å². The van der Waals surface area contributed by atoms with E-state index in [2.05, 4.69) is 58.2 Å². The normalized spacial score (nSPS) is 13.6. The molecule has 0 rings (SSSR count). The highest BCUT2D eigenvalue weighted by atomic mass is 16.1. The predicted octanol–water partition coefficient (Wildman–Crippen LogP) is 6.35. The van der Waals surface area contributed by atoms with Gasteiger partial charge in [-0.15, -0.1) is 0 Å². The van der Waals surface area contributed by atoms with Crippen molar-refractivity contribution in [3.63, 3.8) is 0 Å². The molecule has 0 aliphatic rings. The summed E-state index contributed by atoms with van der Waals surface area (Å²) in [7, 11) is 0. The van der Waals surface area contributed by atoms with Crippen LogP contribution in [-0.4, -0.2) is 12.5 Å². The van der Waals surface area contributed by atoms with E-state index >= 15 is 0 Å². The zero-order chi connectivity index (χ0) is 18.4. The molecule has 1 atom stereocenters. The van der Waals surface area contributed by atoms with Gasteiger partial charge < -0.3 is 5.32 Å². The fraction of sp³-hybridized carbons (Fsp3) is 0.682. The first-order chi connectivity index (χ1) is 11.3. The number of hydrogen-bond acceptors (Lipinski definition) is 1. The van der Waals surface area contributed by atoms with E-state index in [-0.39, 0.29) is 5.91 Å². The third kappa shape index (κ3) is 14.3. The van der Waals surface area contributed by atoms with Crippen molar-refractivity contribution in [3.05, 3.63) is 34.9 Å². The summed E-state index contributed by atoms with van der Waals surface area (Å²) in [4.78, 5) is 11.5.